The molecule has 5 nitrogen and oxygen atoms in total. The van der Waals surface area contributed by atoms with Gasteiger partial charge in [-0.25, -0.2) is 4.79 Å². The molecular weight excluding hydrogens is 266 g/mol. The molecule has 0 saturated heterocycles. The van der Waals surface area contributed by atoms with Gasteiger partial charge in [0.05, 0.1) is 12.8 Å². The summed E-state index contributed by atoms with van der Waals surface area (Å²) in [6, 6.07) is 0.285. The minimum absolute atomic E-state index is 0.202. The van der Waals surface area contributed by atoms with Gasteiger partial charge >= 0.3 is 5.97 Å². The maximum atomic E-state index is 12.3. The fourth-order valence-corrected chi connectivity index (χ4v) is 2.82. The van der Waals surface area contributed by atoms with E-state index in [2.05, 4.69) is 24.3 Å². The van der Waals surface area contributed by atoms with Gasteiger partial charge in [0.15, 0.2) is 0 Å². The first kappa shape index (κ1) is 16.0. The summed E-state index contributed by atoms with van der Waals surface area (Å²) in [5.74, 6) is -0.202. The van der Waals surface area contributed by atoms with Crippen LogP contribution < -0.4 is 5.32 Å². The lowest BCUT2D eigenvalue weighted by molar-refractivity contribution is -0.146. The number of carbonyl (C=O) groups is 1. The van der Waals surface area contributed by atoms with E-state index >= 15 is 0 Å². The predicted molar refractivity (Wildman–Crippen MR) is 82.0 cm³/mol. The van der Waals surface area contributed by atoms with Crippen LogP contribution in [-0.2, 0) is 9.53 Å². The van der Waals surface area contributed by atoms with Crippen LogP contribution in [0.2, 0.25) is 0 Å². The van der Waals surface area contributed by atoms with Crippen molar-refractivity contribution >= 4 is 5.97 Å². The highest BCUT2D eigenvalue weighted by Crippen LogP contribution is 2.23. The Morgan fingerprint density at radius 1 is 1.43 bits per heavy atom. The van der Waals surface area contributed by atoms with Gasteiger partial charge in [0.1, 0.15) is 6.04 Å². The lowest BCUT2D eigenvalue weighted by Gasteiger charge is -2.27. The van der Waals surface area contributed by atoms with Crippen molar-refractivity contribution in [3.05, 3.63) is 18.0 Å². The van der Waals surface area contributed by atoms with E-state index in [4.69, 9.17) is 4.74 Å². The minimum atomic E-state index is -0.402. The molecule has 1 saturated carbocycles. The Kier molecular flexibility index (Phi) is 5.79. The number of aromatic nitrogens is 2. The van der Waals surface area contributed by atoms with Crippen LogP contribution in [0.15, 0.2) is 12.4 Å². The van der Waals surface area contributed by atoms with Crippen LogP contribution in [0.5, 0.6) is 0 Å². The first-order valence-electron chi connectivity index (χ1n) is 8.08. The SMILES string of the molecule is CCOC(=O)C(NC1CCCCC1)c1cnn(C(C)C)c1. The van der Waals surface area contributed by atoms with Gasteiger partial charge in [-0.3, -0.25) is 10.00 Å². The zero-order valence-electron chi connectivity index (χ0n) is 13.3. The summed E-state index contributed by atoms with van der Waals surface area (Å²) in [5, 5.41) is 7.82. The minimum Gasteiger partial charge on any atom is -0.465 e. The van der Waals surface area contributed by atoms with Gasteiger partial charge in [0, 0.05) is 23.8 Å². The number of carbonyl (C=O) groups excluding carboxylic acids is 1. The maximum Gasteiger partial charge on any atom is 0.327 e. The molecule has 0 aliphatic heterocycles. The molecule has 5 heteroatoms. The molecule has 0 spiro atoms. The zero-order valence-corrected chi connectivity index (χ0v) is 13.3. The molecule has 0 bridgehead atoms. The Morgan fingerprint density at radius 2 is 2.14 bits per heavy atom. The standard InChI is InChI=1S/C16H27N3O2/c1-4-21-16(20)15(18-14-8-6-5-7-9-14)13-10-17-19(11-13)12(2)3/h10-12,14-15,18H,4-9H2,1-3H3. The van der Waals surface area contributed by atoms with E-state index in [-0.39, 0.29) is 12.0 Å². The second-order valence-corrected chi connectivity index (χ2v) is 6.03. The Balaban J connectivity index is 2.11. The molecule has 1 aromatic rings. The van der Waals surface area contributed by atoms with Gasteiger partial charge < -0.3 is 4.74 Å². The monoisotopic (exact) mass is 293 g/mol. The molecular formula is C16H27N3O2. The van der Waals surface area contributed by atoms with Gasteiger partial charge in [-0.15, -0.1) is 0 Å². The van der Waals surface area contributed by atoms with E-state index in [1.54, 1.807) is 6.20 Å². The van der Waals surface area contributed by atoms with Gasteiger partial charge in [0.25, 0.3) is 0 Å². The van der Waals surface area contributed by atoms with Crippen LogP contribution in [0.25, 0.3) is 0 Å². The molecule has 2 rings (SSSR count). The predicted octanol–water partition coefficient (Wildman–Crippen LogP) is 2.99. The fraction of sp³-hybridized carbons (Fsp3) is 0.750. The summed E-state index contributed by atoms with van der Waals surface area (Å²) in [7, 11) is 0. The molecule has 1 aliphatic rings. The summed E-state index contributed by atoms with van der Waals surface area (Å²) < 4.78 is 7.11. The van der Waals surface area contributed by atoms with Crippen molar-refractivity contribution in [3.63, 3.8) is 0 Å². The molecule has 0 aromatic carbocycles. The Labute approximate surface area is 127 Å². The molecule has 21 heavy (non-hydrogen) atoms. The van der Waals surface area contributed by atoms with E-state index in [0.717, 1.165) is 18.4 Å². The van der Waals surface area contributed by atoms with Crippen LogP contribution in [-0.4, -0.2) is 28.4 Å². The average molecular weight is 293 g/mol. The van der Waals surface area contributed by atoms with Gasteiger partial charge in [-0.05, 0) is 33.6 Å². The second-order valence-electron chi connectivity index (χ2n) is 6.03. The van der Waals surface area contributed by atoms with Crippen molar-refractivity contribution in [2.24, 2.45) is 0 Å². The first-order valence-corrected chi connectivity index (χ1v) is 8.08. The summed E-state index contributed by atoms with van der Waals surface area (Å²) in [5.41, 5.74) is 0.896. The molecule has 0 radical (unpaired) electrons. The smallest absolute Gasteiger partial charge is 0.327 e. The van der Waals surface area contributed by atoms with E-state index in [1.807, 2.05) is 17.8 Å². The van der Waals surface area contributed by atoms with Crippen molar-refractivity contribution in [2.45, 2.75) is 71.0 Å². The third kappa shape index (κ3) is 4.30. The topological polar surface area (TPSA) is 56.1 Å². The summed E-state index contributed by atoms with van der Waals surface area (Å²) in [6.45, 7) is 6.39. The van der Waals surface area contributed by atoms with E-state index < -0.39 is 6.04 Å². The van der Waals surface area contributed by atoms with Crippen molar-refractivity contribution in [2.75, 3.05) is 6.61 Å². The Morgan fingerprint density at radius 3 is 2.71 bits per heavy atom. The molecule has 0 amide bonds. The van der Waals surface area contributed by atoms with Crippen LogP contribution in [0.1, 0.15) is 70.5 Å². The zero-order chi connectivity index (χ0) is 15.2. The van der Waals surface area contributed by atoms with Crippen molar-refractivity contribution < 1.29 is 9.53 Å². The maximum absolute atomic E-state index is 12.3. The average Bonchev–Trinajstić information content (AvgIpc) is 2.96. The van der Waals surface area contributed by atoms with Crippen LogP contribution >= 0.6 is 0 Å². The third-order valence-corrected chi connectivity index (χ3v) is 4.01. The molecule has 1 aromatic heterocycles. The Hall–Kier alpha value is -1.36. The van der Waals surface area contributed by atoms with Gasteiger partial charge in [-0.2, -0.15) is 5.10 Å². The number of hydrogen-bond acceptors (Lipinski definition) is 4. The molecule has 1 N–H and O–H groups in total. The normalized spacial score (nSPS) is 17.9. The van der Waals surface area contributed by atoms with Crippen LogP contribution in [0.3, 0.4) is 0 Å². The first-order chi connectivity index (χ1) is 10.1. The van der Waals surface area contributed by atoms with E-state index in [0.29, 0.717) is 12.6 Å². The number of rotatable bonds is 6. The van der Waals surface area contributed by atoms with Gasteiger partial charge in [-0.1, -0.05) is 19.3 Å². The molecule has 1 aliphatic carbocycles. The number of ether oxygens (including phenoxy) is 1. The highest BCUT2D eigenvalue weighted by Gasteiger charge is 2.27. The molecule has 1 unspecified atom stereocenters. The fourth-order valence-electron chi connectivity index (χ4n) is 2.82. The van der Waals surface area contributed by atoms with Crippen LogP contribution in [0.4, 0.5) is 0 Å². The highest BCUT2D eigenvalue weighted by atomic mass is 16.5. The van der Waals surface area contributed by atoms with Crippen molar-refractivity contribution in [1.29, 1.82) is 0 Å². The number of nitrogens with zero attached hydrogens (tertiary/aromatic N) is 2. The quantitative estimate of drug-likeness (QED) is 0.819. The van der Waals surface area contributed by atoms with E-state index in [9.17, 15) is 4.79 Å². The van der Waals surface area contributed by atoms with Crippen LogP contribution in [0, 0.1) is 0 Å². The highest BCUT2D eigenvalue weighted by molar-refractivity contribution is 5.77. The number of nitrogens with one attached hydrogen (secondary N) is 1. The summed E-state index contributed by atoms with van der Waals surface area (Å²) in [6.07, 6.45) is 9.76. The molecule has 1 heterocycles. The van der Waals surface area contributed by atoms with Gasteiger partial charge in [0.2, 0.25) is 0 Å². The molecule has 118 valence electrons. The Bertz CT molecular complexity index is 450. The lowest BCUT2D eigenvalue weighted by atomic mass is 9.94. The van der Waals surface area contributed by atoms with Crippen molar-refractivity contribution in [3.8, 4) is 0 Å². The summed E-state index contributed by atoms with van der Waals surface area (Å²) in [4.78, 5) is 12.3. The van der Waals surface area contributed by atoms with E-state index in [1.165, 1.54) is 19.3 Å². The summed E-state index contributed by atoms with van der Waals surface area (Å²) >= 11 is 0. The largest absolute Gasteiger partial charge is 0.465 e. The number of esters is 1. The lowest BCUT2D eigenvalue weighted by Crippen LogP contribution is -2.39. The number of hydrogen-bond donors (Lipinski definition) is 1. The molecule has 1 fully saturated rings. The third-order valence-electron chi connectivity index (χ3n) is 4.01. The second kappa shape index (κ2) is 7.59. The van der Waals surface area contributed by atoms with Crippen molar-refractivity contribution in [1.82, 2.24) is 15.1 Å². The molecule has 1 atom stereocenters.